The molecule has 0 bridgehead atoms. The molecule has 0 saturated heterocycles. The van der Waals surface area contributed by atoms with Gasteiger partial charge in [-0.05, 0) is 6.07 Å². The minimum absolute atomic E-state index is 0.390. The number of aliphatic carboxylic acids is 1. The molecule has 0 fully saturated rings. The third-order valence-corrected chi connectivity index (χ3v) is 1.47. The van der Waals surface area contributed by atoms with Gasteiger partial charge in [0.25, 0.3) is 0 Å². The van der Waals surface area contributed by atoms with E-state index in [9.17, 15) is 18.0 Å². The van der Waals surface area contributed by atoms with Crippen molar-refractivity contribution in [3.05, 3.63) is 23.9 Å². The van der Waals surface area contributed by atoms with Gasteiger partial charge in [-0.3, -0.25) is 4.79 Å². The maximum absolute atomic E-state index is 10.6. The van der Waals surface area contributed by atoms with Crippen molar-refractivity contribution in [2.45, 2.75) is 6.18 Å². The Balaban J connectivity index is 0.000000360. The van der Waals surface area contributed by atoms with Crippen molar-refractivity contribution in [2.24, 2.45) is 5.73 Å². The number of alkyl halides is 3. The summed E-state index contributed by atoms with van der Waals surface area (Å²) in [5.41, 5.74) is 5.41. The highest BCUT2D eigenvalue weighted by atomic mass is 19.4. The van der Waals surface area contributed by atoms with E-state index in [0.717, 1.165) is 0 Å². The second kappa shape index (κ2) is 6.42. The van der Waals surface area contributed by atoms with Gasteiger partial charge in [-0.15, -0.1) is 0 Å². The van der Waals surface area contributed by atoms with E-state index in [2.05, 4.69) is 4.98 Å². The lowest BCUT2D eigenvalue weighted by molar-refractivity contribution is -0.192. The molecule has 6 nitrogen and oxygen atoms in total. The smallest absolute Gasteiger partial charge is 0.481 e. The van der Waals surface area contributed by atoms with E-state index in [-0.39, 0.29) is 0 Å². The Kier molecular flexibility index (Phi) is 5.60. The van der Waals surface area contributed by atoms with E-state index in [1.807, 2.05) is 0 Å². The first-order valence-corrected chi connectivity index (χ1v) is 4.28. The average Bonchev–Trinajstić information content (AvgIpc) is 2.28. The molecule has 1 heterocycles. The van der Waals surface area contributed by atoms with Crippen LogP contribution in [0.1, 0.15) is 10.4 Å². The average molecular weight is 266 g/mol. The zero-order valence-corrected chi connectivity index (χ0v) is 9.06. The van der Waals surface area contributed by atoms with Gasteiger partial charge in [0.2, 0.25) is 11.8 Å². The summed E-state index contributed by atoms with van der Waals surface area (Å²) >= 11 is 0. The first-order valence-electron chi connectivity index (χ1n) is 4.28. The fourth-order valence-electron chi connectivity index (χ4n) is 0.674. The van der Waals surface area contributed by atoms with E-state index in [1.165, 1.54) is 25.4 Å². The minimum atomic E-state index is -5.08. The quantitative estimate of drug-likeness (QED) is 0.825. The molecule has 1 aromatic heterocycles. The summed E-state index contributed by atoms with van der Waals surface area (Å²) in [6.45, 7) is 0. The Morgan fingerprint density at radius 3 is 2.28 bits per heavy atom. The van der Waals surface area contributed by atoms with Gasteiger partial charge in [0.15, 0.2) is 0 Å². The van der Waals surface area contributed by atoms with E-state index >= 15 is 0 Å². The number of nitrogens with two attached hydrogens (primary N) is 1. The van der Waals surface area contributed by atoms with Crippen LogP contribution in [-0.4, -0.2) is 35.3 Å². The molecule has 0 aliphatic carbocycles. The summed E-state index contributed by atoms with van der Waals surface area (Å²) < 4.78 is 36.5. The van der Waals surface area contributed by atoms with Gasteiger partial charge in [-0.25, -0.2) is 9.78 Å². The molecule has 18 heavy (non-hydrogen) atoms. The summed E-state index contributed by atoms with van der Waals surface area (Å²) in [5, 5.41) is 7.12. The number of primary amides is 1. The lowest BCUT2D eigenvalue weighted by Gasteiger charge is -1.98. The zero-order chi connectivity index (χ0) is 14.3. The Bertz CT molecular complexity index is 434. The van der Waals surface area contributed by atoms with Crippen LogP contribution in [0.3, 0.4) is 0 Å². The number of halogens is 3. The molecule has 0 unspecified atom stereocenters. The monoisotopic (exact) mass is 266 g/mol. The number of carboxylic acids is 1. The highest BCUT2D eigenvalue weighted by Crippen LogP contribution is 2.13. The van der Waals surface area contributed by atoms with Gasteiger partial charge in [0, 0.05) is 17.8 Å². The molecular weight excluding hydrogens is 257 g/mol. The summed E-state index contributed by atoms with van der Waals surface area (Å²) in [5.74, 6) is -2.85. The van der Waals surface area contributed by atoms with Crippen LogP contribution in [0.4, 0.5) is 13.2 Å². The van der Waals surface area contributed by atoms with Crippen molar-refractivity contribution in [3.8, 4) is 5.88 Å². The van der Waals surface area contributed by atoms with Crippen molar-refractivity contribution in [2.75, 3.05) is 7.11 Å². The molecule has 0 aromatic carbocycles. The van der Waals surface area contributed by atoms with Crippen LogP contribution in [0.15, 0.2) is 18.3 Å². The van der Waals surface area contributed by atoms with Crippen LogP contribution in [0.25, 0.3) is 0 Å². The van der Waals surface area contributed by atoms with Crippen LogP contribution < -0.4 is 10.5 Å². The lowest BCUT2D eigenvalue weighted by Crippen LogP contribution is -2.21. The minimum Gasteiger partial charge on any atom is -0.481 e. The number of carbonyl (C=O) groups is 2. The molecule has 1 amide bonds. The van der Waals surface area contributed by atoms with Crippen molar-refractivity contribution < 1.29 is 32.6 Å². The van der Waals surface area contributed by atoms with Crippen LogP contribution in [0, 0.1) is 0 Å². The van der Waals surface area contributed by atoms with E-state index in [4.69, 9.17) is 20.4 Å². The zero-order valence-electron chi connectivity index (χ0n) is 9.06. The van der Waals surface area contributed by atoms with E-state index < -0.39 is 18.1 Å². The Morgan fingerprint density at radius 2 is 1.94 bits per heavy atom. The number of pyridine rings is 1. The fraction of sp³-hybridized carbons (Fsp3) is 0.222. The van der Waals surface area contributed by atoms with Crippen molar-refractivity contribution in [1.29, 1.82) is 0 Å². The normalized spacial score (nSPS) is 10.0. The first-order chi connectivity index (χ1) is 8.18. The number of ether oxygens (including phenoxy) is 1. The summed E-state index contributed by atoms with van der Waals surface area (Å²) in [6.07, 6.45) is -3.61. The maximum Gasteiger partial charge on any atom is 0.490 e. The molecule has 1 rings (SSSR count). The summed E-state index contributed by atoms with van der Waals surface area (Å²) in [6, 6.07) is 3.02. The highest BCUT2D eigenvalue weighted by Gasteiger charge is 2.38. The number of hydrogen-bond acceptors (Lipinski definition) is 4. The number of nitrogens with zero attached hydrogens (tertiary/aromatic N) is 1. The lowest BCUT2D eigenvalue weighted by atomic mass is 10.2. The van der Waals surface area contributed by atoms with Crippen molar-refractivity contribution >= 4 is 11.9 Å². The molecule has 3 N–H and O–H groups in total. The second-order valence-electron chi connectivity index (χ2n) is 2.75. The highest BCUT2D eigenvalue weighted by molar-refractivity contribution is 5.92. The predicted octanol–water partition coefficient (Wildman–Crippen LogP) is 0.822. The van der Waals surface area contributed by atoms with E-state index in [1.54, 1.807) is 0 Å². The topological polar surface area (TPSA) is 103 Å². The maximum atomic E-state index is 10.6. The standard InChI is InChI=1S/C7H8N2O2.C2HF3O2/c1-11-6-4-5(7(8)10)2-3-9-6;3-2(4,5)1(6)7/h2-4H,1H3,(H2,8,10);(H,6,7). The molecule has 1 aromatic rings. The van der Waals surface area contributed by atoms with Crippen molar-refractivity contribution in [1.82, 2.24) is 4.98 Å². The third-order valence-electron chi connectivity index (χ3n) is 1.47. The molecule has 9 heteroatoms. The van der Waals surface area contributed by atoms with Crippen LogP contribution in [0.2, 0.25) is 0 Å². The predicted molar refractivity (Wildman–Crippen MR) is 53.0 cm³/mol. The SMILES string of the molecule is COc1cc(C(N)=O)ccn1.O=C(O)C(F)(F)F. The molecule has 0 aliphatic rings. The fourth-order valence-corrected chi connectivity index (χ4v) is 0.674. The first kappa shape index (κ1) is 15.7. The van der Waals surface area contributed by atoms with Gasteiger partial charge < -0.3 is 15.6 Å². The van der Waals surface area contributed by atoms with Crippen molar-refractivity contribution in [3.63, 3.8) is 0 Å². The molecule has 100 valence electrons. The Hall–Kier alpha value is -2.32. The molecule has 0 atom stereocenters. The van der Waals surface area contributed by atoms with Gasteiger partial charge >= 0.3 is 12.1 Å². The van der Waals surface area contributed by atoms with Gasteiger partial charge in [0.1, 0.15) is 0 Å². The molecule has 0 spiro atoms. The van der Waals surface area contributed by atoms with E-state index in [0.29, 0.717) is 11.4 Å². The van der Waals surface area contributed by atoms with Crippen LogP contribution in [0.5, 0.6) is 5.88 Å². The van der Waals surface area contributed by atoms with Crippen LogP contribution >= 0.6 is 0 Å². The Morgan fingerprint density at radius 1 is 1.44 bits per heavy atom. The largest absolute Gasteiger partial charge is 0.490 e. The van der Waals surface area contributed by atoms with Gasteiger partial charge in [-0.1, -0.05) is 0 Å². The van der Waals surface area contributed by atoms with Gasteiger partial charge in [0.05, 0.1) is 7.11 Å². The summed E-state index contributed by atoms with van der Waals surface area (Å²) in [7, 11) is 1.48. The number of carboxylic acid groups (broad SMARTS) is 1. The number of amides is 1. The number of aromatic nitrogens is 1. The third kappa shape index (κ3) is 5.68. The Labute approximate surface area is 99.2 Å². The molecule has 0 radical (unpaired) electrons. The second-order valence-corrected chi connectivity index (χ2v) is 2.75. The number of carbonyl (C=O) groups excluding carboxylic acids is 1. The number of rotatable bonds is 2. The van der Waals surface area contributed by atoms with Crippen LogP contribution in [-0.2, 0) is 4.79 Å². The number of hydrogen-bond donors (Lipinski definition) is 2. The molecular formula is C9H9F3N2O4. The number of methoxy groups -OCH3 is 1. The summed E-state index contributed by atoms with van der Waals surface area (Å²) in [4.78, 5) is 23.3. The molecule has 0 saturated carbocycles. The molecule has 0 aliphatic heterocycles. The van der Waals surface area contributed by atoms with Gasteiger partial charge in [-0.2, -0.15) is 13.2 Å².